The number of nitrogens with one attached hydrogen (secondary N) is 1. The fraction of sp³-hybridized carbons (Fsp3) is 1.00. The molecule has 0 amide bonds. The van der Waals surface area contributed by atoms with Gasteiger partial charge in [0.05, 0.1) is 12.6 Å². The third-order valence-electron chi connectivity index (χ3n) is 2.42. The van der Waals surface area contributed by atoms with Crippen LogP contribution < -0.4 is 5.32 Å². The van der Waals surface area contributed by atoms with Crippen molar-refractivity contribution in [2.24, 2.45) is 0 Å². The molecule has 0 aromatic rings. The van der Waals surface area contributed by atoms with Gasteiger partial charge in [0.1, 0.15) is 5.67 Å². The molecule has 3 rings (SSSR count). The van der Waals surface area contributed by atoms with E-state index in [1.165, 1.54) is 0 Å². The summed E-state index contributed by atoms with van der Waals surface area (Å²) in [6.07, 6.45) is 1.22. The maximum absolute atomic E-state index is 13.1. The average Bonchev–Trinajstić information content (AvgIpc) is 2.18. The first kappa shape index (κ1) is 5.62. The molecule has 1 aliphatic carbocycles. The second kappa shape index (κ2) is 1.47. The van der Waals surface area contributed by atoms with Gasteiger partial charge < -0.3 is 10.4 Å². The maximum Gasteiger partial charge on any atom is 0.131 e. The van der Waals surface area contributed by atoms with Gasteiger partial charge in [-0.25, -0.2) is 4.39 Å². The number of alkyl halides is 1. The van der Waals surface area contributed by atoms with Gasteiger partial charge in [0.25, 0.3) is 0 Å². The van der Waals surface area contributed by atoms with E-state index in [2.05, 4.69) is 5.32 Å². The number of halogens is 1. The Labute approximate surface area is 53.1 Å². The Hall–Kier alpha value is -0.150. The van der Waals surface area contributed by atoms with Gasteiger partial charge in [-0.05, 0) is 12.8 Å². The molecule has 3 heteroatoms. The van der Waals surface area contributed by atoms with Gasteiger partial charge in [-0.2, -0.15) is 0 Å². The largest absolute Gasteiger partial charge is 0.395 e. The molecular weight excluding hydrogens is 121 g/mol. The number of aliphatic hydroxyl groups excluding tert-OH is 1. The van der Waals surface area contributed by atoms with Gasteiger partial charge in [0, 0.05) is 6.04 Å². The van der Waals surface area contributed by atoms with Crippen LogP contribution in [0.5, 0.6) is 0 Å². The lowest BCUT2D eigenvalue weighted by molar-refractivity contribution is 0.0668. The van der Waals surface area contributed by atoms with Crippen LogP contribution in [0.3, 0.4) is 0 Å². The molecular formula is C6H10FNO. The van der Waals surface area contributed by atoms with Crippen LogP contribution in [0.1, 0.15) is 12.8 Å². The zero-order chi connectivity index (χ0) is 6.48. The van der Waals surface area contributed by atoms with Crippen molar-refractivity contribution in [2.45, 2.75) is 30.6 Å². The van der Waals surface area contributed by atoms with E-state index in [1.807, 2.05) is 0 Å². The molecule has 1 saturated carbocycles. The average molecular weight is 131 g/mol. The van der Waals surface area contributed by atoms with E-state index < -0.39 is 5.67 Å². The number of fused-ring (bicyclic) bond motifs is 1. The van der Waals surface area contributed by atoms with Gasteiger partial charge in [-0.15, -0.1) is 0 Å². The second-order valence-electron chi connectivity index (χ2n) is 3.04. The van der Waals surface area contributed by atoms with Crippen molar-refractivity contribution in [3.05, 3.63) is 0 Å². The summed E-state index contributed by atoms with van der Waals surface area (Å²) in [6.45, 7) is -0.0625. The quantitative estimate of drug-likeness (QED) is 0.517. The van der Waals surface area contributed by atoms with Crippen LogP contribution in [0, 0.1) is 0 Å². The first-order chi connectivity index (χ1) is 4.24. The Kier molecular flexibility index (Phi) is 0.916. The highest BCUT2D eigenvalue weighted by Crippen LogP contribution is 2.45. The van der Waals surface area contributed by atoms with Crippen LogP contribution in [-0.2, 0) is 0 Å². The van der Waals surface area contributed by atoms with Crippen molar-refractivity contribution < 1.29 is 9.50 Å². The molecule has 3 aliphatic rings. The number of rotatable bonds is 1. The predicted octanol–water partition coefficient (Wildman–Crippen LogP) is -0.179. The molecule has 0 spiro atoms. The highest BCUT2D eigenvalue weighted by molar-refractivity contribution is 5.14. The Morgan fingerprint density at radius 3 is 2.56 bits per heavy atom. The van der Waals surface area contributed by atoms with E-state index in [1.54, 1.807) is 0 Å². The van der Waals surface area contributed by atoms with E-state index in [9.17, 15) is 4.39 Å². The van der Waals surface area contributed by atoms with Crippen molar-refractivity contribution in [1.29, 1.82) is 0 Å². The number of hydrogen-bond acceptors (Lipinski definition) is 2. The van der Waals surface area contributed by atoms with Crippen molar-refractivity contribution in [3.63, 3.8) is 0 Å². The summed E-state index contributed by atoms with van der Waals surface area (Å²) in [7, 11) is 0. The van der Waals surface area contributed by atoms with Crippen LogP contribution in [0.15, 0.2) is 0 Å². The second-order valence-corrected chi connectivity index (χ2v) is 3.04. The number of hydrogen-bond donors (Lipinski definition) is 2. The molecule has 2 aliphatic heterocycles. The van der Waals surface area contributed by atoms with Crippen LogP contribution in [0.4, 0.5) is 4.39 Å². The van der Waals surface area contributed by atoms with E-state index in [0.717, 1.165) is 0 Å². The lowest BCUT2D eigenvalue weighted by atomic mass is 9.80. The van der Waals surface area contributed by atoms with Gasteiger partial charge in [0.2, 0.25) is 0 Å². The first-order valence-electron chi connectivity index (χ1n) is 3.30. The van der Waals surface area contributed by atoms with E-state index in [0.29, 0.717) is 18.9 Å². The van der Waals surface area contributed by atoms with Crippen LogP contribution in [-0.4, -0.2) is 29.5 Å². The Bertz CT molecular complexity index is 133. The van der Waals surface area contributed by atoms with E-state index >= 15 is 0 Å². The SMILES string of the molecule is OCC1NC2CC1(F)C2. The summed E-state index contributed by atoms with van der Waals surface area (Å²) >= 11 is 0. The monoisotopic (exact) mass is 131 g/mol. The third kappa shape index (κ3) is 0.563. The standard InChI is InChI=1S/C6H10FNO/c7-6-1-4(2-6)8-5(6)3-9/h4-5,8-9H,1-3H2. The molecule has 3 fully saturated rings. The van der Waals surface area contributed by atoms with Crippen molar-refractivity contribution in [1.82, 2.24) is 5.32 Å². The summed E-state index contributed by atoms with van der Waals surface area (Å²) in [5.41, 5.74) is -1.06. The summed E-state index contributed by atoms with van der Waals surface area (Å²) in [5, 5.41) is 11.6. The minimum absolute atomic E-state index is 0.0625. The molecule has 2 heterocycles. The third-order valence-corrected chi connectivity index (χ3v) is 2.42. The Morgan fingerprint density at radius 1 is 1.67 bits per heavy atom. The first-order valence-corrected chi connectivity index (χ1v) is 3.30. The smallest absolute Gasteiger partial charge is 0.131 e. The highest BCUT2D eigenvalue weighted by Gasteiger charge is 2.57. The Morgan fingerprint density at radius 2 is 2.33 bits per heavy atom. The minimum atomic E-state index is -1.06. The zero-order valence-electron chi connectivity index (χ0n) is 5.10. The summed E-state index contributed by atoms with van der Waals surface area (Å²) in [5.74, 6) is 0. The summed E-state index contributed by atoms with van der Waals surface area (Å²) in [4.78, 5) is 0. The van der Waals surface area contributed by atoms with Crippen LogP contribution >= 0.6 is 0 Å². The topological polar surface area (TPSA) is 32.3 Å². The maximum atomic E-state index is 13.1. The van der Waals surface area contributed by atoms with Gasteiger partial charge in [0.15, 0.2) is 0 Å². The summed E-state index contributed by atoms with van der Waals surface area (Å²) in [6, 6.07) is 0.0784. The fourth-order valence-corrected chi connectivity index (χ4v) is 1.81. The molecule has 1 atom stereocenters. The van der Waals surface area contributed by atoms with Crippen LogP contribution in [0.2, 0.25) is 0 Å². The van der Waals surface area contributed by atoms with Crippen molar-refractivity contribution in [2.75, 3.05) is 6.61 Å². The minimum Gasteiger partial charge on any atom is -0.395 e. The van der Waals surface area contributed by atoms with Gasteiger partial charge in [-0.1, -0.05) is 0 Å². The fourth-order valence-electron chi connectivity index (χ4n) is 1.81. The lowest BCUT2D eigenvalue weighted by Gasteiger charge is -2.30. The molecule has 2 bridgehead atoms. The van der Waals surface area contributed by atoms with Gasteiger partial charge >= 0.3 is 0 Å². The molecule has 0 radical (unpaired) electrons. The van der Waals surface area contributed by atoms with E-state index in [-0.39, 0.29) is 12.6 Å². The molecule has 2 nitrogen and oxygen atoms in total. The van der Waals surface area contributed by atoms with Crippen LogP contribution in [0.25, 0.3) is 0 Å². The zero-order valence-corrected chi connectivity index (χ0v) is 5.10. The Balaban J connectivity index is 2.11. The lowest BCUT2D eigenvalue weighted by Crippen LogP contribution is -2.40. The molecule has 1 unspecified atom stereocenters. The highest BCUT2D eigenvalue weighted by atomic mass is 19.1. The molecule has 2 saturated heterocycles. The van der Waals surface area contributed by atoms with Crippen molar-refractivity contribution >= 4 is 0 Å². The normalized spacial score (nSPS) is 55.3. The number of aliphatic hydroxyl groups is 1. The van der Waals surface area contributed by atoms with Crippen molar-refractivity contribution in [3.8, 4) is 0 Å². The molecule has 52 valence electrons. The molecule has 0 aromatic heterocycles. The molecule has 0 aromatic carbocycles. The molecule has 2 N–H and O–H groups in total. The predicted molar refractivity (Wildman–Crippen MR) is 30.9 cm³/mol. The van der Waals surface area contributed by atoms with Gasteiger partial charge in [-0.3, -0.25) is 0 Å². The summed E-state index contributed by atoms with van der Waals surface area (Å²) < 4.78 is 13.1. The van der Waals surface area contributed by atoms with E-state index in [4.69, 9.17) is 5.11 Å². The molecule has 9 heavy (non-hydrogen) atoms.